The number of anilines is 1. The Hall–Kier alpha value is -1.51. The van der Waals surface area contributed by atoms with Crippen LogP contribution >= 0.6 is 0 Å². The van der Waals surface area contributed by atoms with Crippen LogP contribution in [0.3, 0.4) is 0 Å². The Morgan fingerprint density at radius 2 is 1.85 bits per heavy atom. The summed E-state index contributed by atoms with van der Waals surface area (Å²) in [6.45, 7) is 8.76. The average molecular weight is 276 g/mol. The van der Waals surface area contributed by atoms with E-state index in [2.05, 4.69) is 33.0 Å². The summed E-state index contributed by atoms with van der Waals surface area (Å²) in [7, 11) is 3.56. The third-order valence-electron chi connectivity index (χ3n) is 3.47. The highest BCUT2D eigenvalue weighted by atomic mass is 16.2. The van der Waals surface area contributed by atoms with Crippen LogP contribution in [0.25, 0.3) is 0 Å². The van der Waals surface area contributed by atoms with Crippen LogP contribution in [0.5, 0.6) is 0 Å². The second-order valence-electron chi connectivity index (χ2n) is 6.25. The quantitative estimate of drug-likeness (QED) is 0.853. The normalized spacial score (nSPS) is 12.3. The first-order chi connectivity index (χ1) is 9.31. The van der Waals surface area contributed by atoms with Crippen molar-refractivity contribution in [2.24, 2.45) is 5.92 Å². The van der Waals surface area contributed by atoms with Crippen LogP contribution in [0.4, 0.5) is 5.69 Å². The number of hydrogen-bond donors (Lipinski definition) is 1. The number of carbonyl (C=O) groups is 1. The molecule has 0 aliphatic carbocycles. The van der Waals surface area contributed by atoms with E-state index < -0.39 is 0 Å². The van der Waals surface area contributed by atoms with Crippen molar-refractivity contribution >= 4 is 11.6 Å². The first-order valence-corrected chi connectivity index (χ1v) is 7.40. The minimum Gasteiger partial charge on any atom is -0.382 e. The van der Waals surface area contributed by atoms with Crippen molar-refractivity contribution in [3.05, 3.63) is 29.3 Å². The molecule has 0 saturated carbocycles. The van der Waals surface area contributed by atoms with E-state index in [1.54, 1.807) is 19.0 Å². The maximum absolute atomic E-state index is 12.0. The van der Waals surface area contributed by atoms with E-state index in [9.17, 15) is 4.79 Å². The van der Waals surface area contributed by atoms with E-state index in [1.807, 2.05) is 18.2 Å². The third kappa shape index (κ3) is 4.87. The molecular weight excluding hydrogens is 248 g/mol. The van der Waals surface area contributed by atoms with E-state index in [0.29, 0.717) is 6.04 Å². The molecule has 112 valence electrons. The van der Waals surface area contributed by atoms with Gasteiger partial charge in [-0.2, -0.15) is 0 Å². The first kappa shape index (κ1) is 16.5. The lowest BCUT2D eigenvalue weighted by atomic mass is 10.0. The van der Waals surface area contributed by atoms with Crippen LogP contribution < -0.4 is 5.32 Å². The Morgan fingerprint density at radius 3 is 2.40 bits per heavy atom. The third-order valence-corrected chi connectivity index (χ3v) is 3.47. The summed E-state index contributed by atoms with van der Waals surface area (Å²) < 4.78 is 0. The molecular formula is C17H28N2O. The molecule has 1 rings (SSSR count). The van der Waals surface area contributed by atoms with Crippen molar-refractivity contribution in [2.45, 2.75) is 46.6 Å². The van der Waals surface area contributed by atoms with Crippen LogP contribution in [0.1, 0.15) is 49.5 Å². The Balaban J connectivity index is 2.79. The van der Waals surface area contributed by atoms with Crippen molar-refractivity contribution in [1.29, 1.82) is 0 Å². The summed E-state index contributed by atoms with van der Waals surface area (Å²) in [6.07, 6.45) is 2.35. The van der Waals surface area contributed by atoms with Crippen LogP contribution in [-0.4, -0.2) is 30.9 Å². The highest BCUT2D eigenvalue weighted by Crippen LogP contribution is 2.20. The molecule has 0 aliphatic rings. The number of rotatable bonds is 6. The van der Waals surface area contributed by atoms with Crippen molar-refractivity contribution in [3.8, 4) is 0 Å². The minimum absolute atomic E-state index is 0.0443. The van der Waals surface area contributed by atoms with Crippen molar-refractivity contribution in [1.82, 2.24) is 4.90 Å². The maximum Gasteiger partial charge on any atom is 0.253 e. The fraction of sp³-hybridized carbons (Fsp3) is 0.588. The summed E-state index contributed by atoms with van der Waals surface area (Å²) in [5.74, 6) is 0.768. The Kier molecular flexibility index (Phi) is 6.05. The molecule has 3 nitrogen and oxygen atoms in total. The van der Waals surface area contributed by atoms with Gasteiger partial charge in [0, 0.05) is 31.4 Å². The van der Waals surface area contributed by atoms with Crippen LogP contribution in [0.2, 0.25) is 0 Å². The van der Waals surface area contributed by atoms with Gasteiger partial charge >= 0.3 is 0 Å². The summed E-state index contributed by atoms with van der Waals surface area (Å²) >= 11 is 0. The molecule has 1 N–H and O–H groups in total. The Morgan fingerprint density at radius 1 is 1.20 bits per heavy atom. The number of carbonyl (C=O) groups excluding carboxylic acids is 1. The van der Waals surface area contributed by atoms with Gasteiger partial charge in [-0.05, 0) is 50.3 Å². The zero-order chi connectivity index (χ0) is 15.3. The molecule has 1 amide bonds. The van der Waals surface area contributed by atoms with E-state index in [4.69, 9.17) is 0 Å². The summed E-state index contributed by atoms with van der Waals surface area (Å²) in [5, 5.41) is 3.53. The molecule has 1 aromatic carbocycles. The fourth-order valence-corrected chi connectivity index (χ4v) is 2.09. The van der Waals surface area contributed by atoms with Gasteiger partial charge < -0.3 is 10.2 Å². The second-order valence-corrected chi connectivity index (χ2v) is 6.25. The largest absolute Gasteiger partial charge is 0.382 e. The summed E-state index contributed by atoms with van der Waals surface area (Å²) in [4.78, 5) is 13.6. The van der Waals surface area contributed by atoms with Crippen LogP contribution in [0, 0.1) is 12.8 Å². The van der Waals surface area contributed by atoms with E-state index in [0.717, 1.165) is 23.6 Å². The van der Waals surface area contributed by atoms with Gasteiger partial charge in [0.15, 0.2) is 0 Å². The average Bonchev–Trinajstić information content (AvgIpc) is 2.38. The second kappa shape index (κ2) is 7.32. The predicted molar refractivity (Wildman–Crippen MR) is 86.4 cm³/mol. The van der Waals surface area contributed by atoms with Gasteiger partial charge in [-0.15, -0.1) is 0 Å². The molecule has 1 aromatic rings. The smallest absolute Gasteiger partial charge is 0.253 e. The highest BCUT2D eigenvalue weighted by molar-refractivity contribution is 5.95. The lowest BCUT2D eigenvalue weighted by molar-refractivity contribution is 0.0827. The Labute approximate surface area is 123 Å². The number of aryl methyl sites for hydroxylation is 1. The molecule has 1 unspecified atom stereocenters. The lowest BCUT2D eigenvalue weighted by Crippen LogP contribution is -2.22. The van der Waals surface area contributed by atoms with Gasteiger partial charge in [0.1, 0.15) is 0 Å². The predicted octanol–water partition coefficient (Wildman–Crippen LogP) is 3.93. The van der Waals surface area contributed by atoms with Gasteiger partial charge in [-0.25, -0.2) is 0 Å². The molecule has 3 heteroatoms. The zero-order valence-electron chi connectivity index (χ0n) is 13.7. The van der Waals surface area contributed by atoms with Gasteiger partial charge in [-0.1, -0.05) is 19.9 Å². The van der Waals surface area contributed by atoms with Crippen LogP contribution in [0.15, 0.2) is 18.2 Å². The monoisotopic (exact) mass is 276 g/mol. The minimum atomic E-state index is 0.0443. The number of nitrogens with one attached hydrogen (secondary N) is 1. The molecule has 0 saturated heterocycles. The first-order valence-electron chi connectivity index (χ1n) is 7.40. The topological polar surface area (TPSA) is 32.3 Å². The van der Waals surface area contributed by atoms with Gasteiger partial charge in [0.05, 0.1) is 0 Å². The molecule has 0 aliphatic heterocycles. The molecule has 0 heterocycles. The number of amides is 1. The Bertz CT molecular complexity index is 452. The van der Waals surface area contributed by atoms with Gasteiger partial charge in [-0.3, -0.25) is 4.79 Å². The standard InChI is InChI=1S/C17H28N2O/c1-12(2)7-9-14(4)18-16-11-15(10-8-13(16)3)17(20)19(5)6/h8,10-12,14,18H,7,9H2,1-6H3. The molecule has 20 heavy (non-hydrogen) atoms. The van der Waals surface area contributed by atoms with Gasteiger partial charge in [0.25, 0.3) is 5.91 Å². The van der Waals surface area contributed by atoms with E-state index in [1.165, 1.54) is 12.0 Å². The van der Waals surface area contributed by atoms with Crippen LogP contribution in [-0.2, 0) is 0 Å². The fourth-order valence-electron chi connectivity index (χ4n) is 2.09. The summed E-state index contributed by atoms with van der Waals surface area (Å²) in [5.41, 5.74) is 2.98. The van der Waals surface area contributed by atoms with Crippen molar-refractivity contribution < 1.29 is 4.79 Å². The zero-order valence-corrected chi connectivity index (χ0v) is 13.7. The lowest BCUT2D eigenvalue weighted by Gasteiger charge is -2.19. The number of benzene rings is 1. The van der Waals surface area contributed by atoms with Gasteiger partial charge in [0.2, 0.25) is 0 Å². The van der Waals surface area contributed by atoms with E-state index >= 15 is 0 Å². The highest BCUT2D eigenvalue weighted by Gasteiger charge is 2.11. The van der Waals surface area contributed by atoms with Crippen molar-refractivity contribution in [2.75, 3.05) is 19.4 Å². The molecule has 0 spiro atoms. The molecule has 1 atom stereocenters. The molecule has 0 aromatic heterocycles. The molecule has 0 bridgehead atoms. The molecule has 0 fully saturated rings. The number of hydrogen-bond acceptors (Lipinski definition) is 2. The van der Waals surface area contributed by atoms with Crippen molar-refractivity contribution in [3.63, 3.8) is 0 Å². The SMILES string of the molecule is Cc1ccc(C(=O)N(C)C)cc1NC(C)CCC(C)C. The molecule has 0 radical (unpaired) electrons. The maximum atomic E-state index is 12.0. The van der Waals surface area contributed by atoms with E-state index in [-0.39, 0.29) is 5.91 Å². The summed E-state index contributed by atoms with van der Waals surface area (Å²) in [6, 6.07) is 6.28. The number of nitrogens with zero attached hydrogens (tertiary/aromatic N) is 1.